The van der Waals surface area contributed by atoms with Gasteiger partial charge in [0.15, 0.2) is 0 Å². The molecule has 2 fully saturated rings. The second kappa shape index (κ2) is 10.8. The number of nitrogens with zero attached hydrogens (tertiary/aromatic N) is 3. The van der Waals surface area contributed by atoms with E-state index in [0.717, 1.165) is 5.56 Å². The van der Waals surface area contributed by atoms with Gasteiger partial charge in [0.1, 0.15) is 11.7 Å². The number of fused-ring (bicyclic) bond motifs is 1. The Morgan fingerprint density at radius 1 is 1.17 bits per heavy atom. The van der Waals surface area contributed by atoms with Crippen LogP contribution in [0.25, 0.3) is 0 Å². The summed E-state index contributed by atoms with van der Waals surface area (Å²) in [5, 5.41) is 5.89. The molecule has 10 nitrogen and oxygen atoms in total. The van der Waals surface area contributed by atoms with Crippen LogP contribution in [0.2, 0.25) is 0 Å². The Labute approximate surface area is 211 Å². The van der Waals surface area contributed by atoms with E-state index in [2.05, 4.69) is 20.6 Å². The Morgan fingerprint density at radius 3 is 2.58 bits per heavy atom. The molecule has 0 radical (unpaired) electrons. The van der Waals surface area contributed by atoms with Crippen molar-refractivity contribution in [2.75, 3.05) is 6.61 Å². The second-order valence-corrected chi connectivity index (χ2v) is 10.0. The van der Waals surface area contributed by atoms with Crippen molar-refractivity contribution in [1.29, 1.82) is 0 Å². The Balaban J connectivity index is 1.60. The average molecular weight is 494 g/mol. The zero-order valence-electron chi connectivity index (χ0n) is 21.1. The van der Waals surface area contributed by atoms with Crippen molar-refractivity contribution in [3.05, 3.63) is 60.2 Å². The summed E-state index contributed by atoms with van der Waals surface area (Å²) in [6, 6.07) is 8.04. The third-order valence-electron chi connectivity index (χ3n) is 6.84. The van der Waals surface area contributed by atoms with E-state index < -0.39 is 36.5 Å². The van der Waals surface area contributed by atoms with Crippen molar-refractivity contribution >= 4 is 24.5 Å². The van der Waals surface area contributed by atoms with Crippen LogP contribution in [-0.2, 0) is 25.3 Å². The molecule has 2 amide bonds. The van der Waals surface area contributed by atoms with Gasteiger partial charge in [-0.25, -0.2) is 4.98 Å². The highest BCUT2D eigenvalue weighted by Gasteiger charge is 2.58. The fourth-order valence-electron chi connectivity index (χ4n) is 5.22. The van der Waals surface area contributed by atoms with Gasteiger partial charge in [-0.15, -0.1) is 0 Å². The first kappa shape index (κ1) is 25.8. The van der Waals surface area contributed by atoms with Crippen LogP contribution < -0.4 is 10.6 Å². The molecular formula is C25H33BN5O5-. The van der Waals surface area contributed by atoms with Crippen LogP contribution >= 0.6 is 0 Å². The molecular weight excluding hydrogens is 461 g/mol. The zero-order chi connectivity index (χ0) is 25.9. The van der Waals surface area contributed by atoms with Crippen molar-refractivity contribution in [2.24, 2.45) is 5.92 Å². The lowest BCUT2D eigenvalue weighted by atomic mass is 9.59. The largest absolute Gasteiger partial charge is 0.651 e. The topological polar surface area (TPSA) is 123 Å². The maximum Gasteiger partial charge on any atom is 0.396 e. The first-order chi connectivity index (χ1) is 17.2. The molecule has 1 aromatic carbocycles. The summed E-state index contributed by atoms with van der Waals surface area (Å²) in [5.74, 6) is -1.65. The number of carbonyl (C=O) groups is 3. The maximum absolute atomic E-state index is 13.7. The van der Waals surface area contributed by atoms with Crippen LogP contribution in [0.1, 0.15) is 50.2 Å². The predicted molar refractivity (Wildman–Crippen MR) is 133 cm³/mol. The molecule has 0 spiro atoms. The highest BCUT2D eigenvalue weighted by Crippen LogP contribution is 2.37. The molecule has 1 aromatic heterocycles. The van der Waals surface area contributed by atoms with E-state index in [0.29, 0.717) is 13.0 Å². The summed E-state index contributed by atoms with van der Waals surface area (Å²) in [5.41, 5.74) is 0.997. The molecule has 36 heavy (non-hydrogen) atoms. The molecule has 2 aliphatic heterocycles. The average Bonchev–Trinajstić information content (AvgIpc) is 3.33. The number of carbonyl (C=O) groups excluding carboxylic acids is 3. The van der Waals surface area contributed by atoms with Crippen molar-refractivity contribution in [3.8, 4) is 0 Å². The van der Waals surface area contributed by atoms with Gasteiger partial charge in [0.2, 0.25) is 5.91 Å². The molecule has 3 heterocycles. The molecule has 2 N–H and O–H groups in total. The molecule has 2 saturated heterocycles. The Bertz CT molecular complexity index is 1090. The van der Waals surface area contributed by atoms with Gasteiger partial charge in [0.25, 0.3) is 11.9 Å². The molecule has 4 rings (SSSR count). The monoisotopic (exact) mass is 494 g/mol. The van der Waals surface area contributed by atoms with E-state index >= 15 is 0 Å². The lowest BCUT2D eigenvalue weighted by Crippen LogP contribution is -2.67. The molecule has 2 aromatic rings. The minimum absolute atomic E-state index is 0.0329. The van der Waals surface area contributed by atoms with Gasteiger partial charge in [0, 0.05) is 25.4 Å². The number of hydrogen-bond acceptors (Lipinski definition) is 8. The van der Waals surface area contributed by atoms with Gasteiger partial charge in [-0.2, -0.15) is 0 Å². The number of rotatable bonds is 9. The third kappa shape index (κ3) is 5.27. The van der Waals surface area contributed by atoms with Crippen LogP contribution in [-0.4, -0.2) is 69.9 Å². The first-order valence-corrected chi connectivity index (χ1v) is 12.4. The van der Waals surface area contributed by atoms with E-state index in [-0.39, 0.29) is 30.0 Å². The minimum Gasteiger partial charge on any atom is -0.651 e. The van der Waals surface area contributed by atoms with Crippen LogP contribution in [0, 0.1) is 5.92 Å². The predicted octanol–water partition coefficient (Wildman–Crippen LogP) is 1.49. The number of aromatic nitrogens is 2. The van der Waals surface area contributed by atoms with Crippen molar-refractivity contribution in [2.45, 2.75) is 64.6 Å². The van der Waals surface area contributed by atoms with Crippen molar-refractivity contribution in [3.63, 3.8) is 0 Å². The smallest absolute Gasteiger partial charge is 0.396 e. The summed E-state index contributed by atoms with van der Waals surface area (Å²) in [6.07, 6.45) is 5.04. The zero-order valence-corrected chi connectivity index (χ0v) is 21.1. The molecule has 0 bridgehead atoms. The lowest BCUT2D eigenvalue weighted by molar-refractivity contribution is -0.136. The van der Waals surface area contributed by atoms with Crippen molar-refractivity contribution in [1.82, 2.24) is 25.4 Å². The van der Waals surface area contributed by atoms with Crippen LogP contribution in [0.15, 0.2) is 48.9 Å². The van der Waals surface area contributed by atoms with E-state index in [1.54, 1.807) is 6.92 Å². The molecule has 11 heteroatoms. The molecule has 0 aliphatic carbocycles. The molecule has 192 valence electrons. The SMILES string of the molecule is CC(C)C[C@H](NC(=O)[C@H](Cc1ccccc1)NC(=O)c1cnccn1)[B-]12OC[C@H](C)N1[C@@H](C)C(=O)O2. The van der Waals surface area contributed by atoms with E-state index in [9.17, 15) is 14.4 Å². The summed E-state index contributed by atoms with van der Waals surface area (Å²) >= 11 is 0. The summed E-state index contributed by atoms with van der Waals surface area (Å²) < 4.78 is 12.0. The van der Waals surface area contributed by atoms with E-state index in [1.807, 2.05) is 55.9 Å². The van der Waals surface area contributed by atoms with Gasteiger partial charge in [-0.05, 0) is 30.4 Å². The first-order valence-electron chi connectivity index (χ1n) is 12.4. The number of nitrogens with one attached hydrogen (secondary N) is 2. The van der Waals surface area contributed by atoms with Crippen LogP contribution in [0.5, 0.6) is 0 Å². The normalized spacial score (nSPS) is 25.2. The lowest BCUT2D eigenvalue weighted by Gasteiger charge is -2.45. The molecule has 5 atom stereocenters. The van der Waals surface area contributed by atoms with Gasteiger partial charge in [-0.3, -0.25) is 19.4 Å². The van der Waals surface area contributed by atoms with Crippen LogP contribution in [0.3, 0.4) is 0 Å². The number of benzene rings is 1. The Kier molecular flexibility index (Phi) is 7.70. The highest BCUT2D eigenvalue weighted by molar-refractivity contribution is 6.70. The minimum atomic E-state index is -2.23. The molecule has 1 unspecified atom stereocenters. The quantitative estimate of drug-likeness (QED) is 0.503. The number of hydrogen-bond donors (Lipinski definition) is 2. The fourth-order valence-corrected chi connectivity index (χ4v) is 5.22. The Morgan fingerprint density at radius 2 is 1.92 bits per heavy atom. The summed E-state index contributed by atoms with van der Waals surface area (Å²) in [6.45, 7) is 6.01. The Hall–Kier alpha value is -3.31. The maximum atomic E-state index is 13.7. The molecule has 2 aliphatic rings. The fraction of sp³-hybridized carbons (Fsp3) is 0.480. The second-order valence-electron chi connectivity index (χ2n) is 10.0. The van der Waals surface area contributed by atoms with Gasteiger partial charge < -0.3 is 24.8 Å². The molecule has 0 saturated carbocycles. The van der Waals surface area contributed by atoms with Crippen LogP contribution in [0.4, 0.5) is 0 Å². The van der Waals surface area contributed by atoms with Gasteiger partial charge in [-0.1, -0.05) is 57.5 Å². The summed E-state index contributed by atoms with van der Waals surface area (Å²) in [4.78, 5) is 49.1. The van der Waals surface area contributed by atoms with E-state index in [1.165, 1.54) is 18.6 Å². The van der Waals surface area contributed by atoms with Gasteiger partial charge >= 0.3 is 6.69 Å². The van der Waals surface area contributed by atoms with E-state index in [4.69, 9.17) is 9.31 Å². The third-order valence-corrected chi connectivity index (χ3v) is 6.84. The van der Waals surface area contributed by atoms with Gasteiger partial charge in [0.05, 0.1) is 12.2 Å². The highest BCUT2D eigenvalue weighted by atomic mass is 16.7. The number of amides is 2. The van der Waals surface area contributed by atoms with Crippen molar-refractivity contribution < 1.29 is 23.7 Å². The standard InChI is InChI=1S/C25H33BN5O5/c1-16(2)12-22(26-31(17(3)15-35-26)18(4)25(34)36-26)30-23(32)20(13-19-8-6-5-7-9-19)29-24(33)21-14-27-10-11-28-21/h5-11,14,16-18,20,22H,12-13,15H2,1-4H3,(H,29,33)(H,30,32)/q-1/t17-,18-,20-,22-,26?/m0/s1. The summed E-state index contributed by atoms with van der Waals surface area (Å²) in [7, 11) is 0.